The second-order valence-corrected chi connectivity index (χ2v) is 3.87. The maximum absolute atomic E-state index is 12.5. The molecule has 2 rings (SSSR count). The highest BCUT2D eigenvalue weighted by molar-refractivity contribution is 5.37. The average Bonchev–Trinajstić information content (AvgIpc) is 3.00. The van der Waals surface area contributed by atoms with Crippen molar-refractivity contribution >= 4 is 0 Å². The summed E-state index contributed by atoms with van der Waals surface area (Å²) in [5, 5.41) is 0. The lowest BCUT2D eigenvalue weighted by atomic mass is 10.1. The molecule has 0 heterocycles. The van der Waals surface area contributed by atoms with Gasteiger partial charge in [-0.15, -0.1) is 0 Å². The summed E-state index contributed by atoms with van der Waals surface area (Å²) in [6.07, 6.45) is -2.59. The van der Waals surface area contributed by atoms with Gasteiger partial charge >= 0.3 is 6.18 Å². The Morgan fingerprint density at radius 2 is 1.88 bits per heavy atom. The summed E-state index contributed by atoms with van der Waals surface area (Å²) in [6, 6.07) is 4.07. The molecule has 0 bridgehead atoms. The van der Waals surface area contributed by atoms with Gasteiger partial charge in [0.25, 0.3) is 0 Å². The Morgan fingerprint density at radius 3 is 2.44 bits per heavy atom. The number of para-hydroxylation sites is 1. The van der Waals surface area contributed by atoms with Crippen molar-refractivity contribution in [1.29, 1.82) is 0 Å². The first-order valence-electron chi connectivity index (χ1n) is 5.06. The van der Waals surface area contributed by atoms with Crippen LogP contribution in [0.2, 0.25) is 0 Å². The van der Waals surface area contributed by atoms with Crippen LogP contribution in [-0.4, -0.2) is 12.3 Å². The first kappa shape index (κ1) is 11.3. The minimum absolute atomic E-state index is 0.00176. The number of halogens is 3. The van der Waals surface area contributed by atoms with E-state index in [1.165, 1.54) is 18.2 Å². The van der Waals surface area contributed by atoms with Crippen molar-refractivity contribution < 1.29 is 17.9 Å². The first-order valence-corrected chi connectivity index (χ1v) is 5.06. The zero-order valence-electron chi connectivity index (χ0n) is 8.50. The molecule has 0 aromatic heterocycles. The van der Waals surface area contributed by atoms with Gasteiger partial charge < -0.3 is 10.5 Å². The maximum atomic E-state index is 12.5. The van der Waals surface area contributed by atoms with Crippen LogP contribution < -0.4 is 10.5 Å². The standard InChI is InChI=1S/C11H12F3NO/c12-11(13,14)10(15)8-3-1-2-4-9(8)16-7-5-6-7/h1-4,7,10H,5-6,15H2/t10-/m1/s1. The van der Waals surface area contributed by atoms with Gasteiger partial charge in [-0.3, -0.25) is 0 Å². The normalized spacial score (nSPS) is 18.2. The lowest BCUT2D eigenvalue weighted by Crippen LogP contribution is -2.29. The molecule has 0 spiro atoms. The largest absolute Gasteiger partial charge is 0.490 e. The van der Waals surface area contributed by atoms with Crippen LogP contribution >= 0.6 is 0 Å². The van der Waals surface area contributed by atoms with Gasteiger partial charge in [0.1, 0.15) is 11.8 Å². The molecule has 1 saturated carbocycles. The number of hydrogen-bond acceptors (Lipinski definition) is 2. The van der Waals surface area contributed by atoms with Crippen LogP contribution in [0.4, 0.5) is 13.2 Å². The Labute approximate surface area is 91.2 Å². The number of ether oxygens (including phenoxy) is 1. The van der Waals surface area contributed by atoms with E-state index in [9.17, 15) is 13.2 Å². The fourth-order valence-corrected chi connectivity index (χ4v) is 1.39. The van der Waals surface area contributed by atoms with Crippen LogP contribution in [0, 0.1) is 0 Å². The van der Waals surface area contributed by atoms with Gasteiger partial charge in [0.15, 0.2) is 0 Å². The number of rotatable bonds is 3. The van der Waals surface area contributed by atoms with E-state index in [2.05, 4.69) is 0 Å². The molecule has 0 amide bonds. The summed E-state index contributed by atoms with van der Waals surface area (Å²) in [5.74, 6) is 0.245. The molecule has 2 N–H and O–H groups in total. The molecule has 1 aromatic carbocycles. The molecule has 5 heteroatoms. The predicted molar refractivity (Wildman–Crippen MR) is 53.1 cm³/mol. The summed E-state index contributed by atoms with van der Waals surface area (Å²) in [4.78, 5) is 0. The molecule has 88 valence electrons. The Hall–Kier alpha value is -1.23. The zero-order valence-corrected chi connectivity index (χ0v) is 8.50. The third-order valence-corrected chi connectivity index (χ3v) is 2.42. The summed E-state index contributed by atoms with van der Waals surface area (Å²) in [7, 11) is 0. The lowest BCUT2D eigenvalue weighted by Gasteiger charge is -2.19. The fraction of sp³-hybridized carbons (Fsp3) is 0.455. The van der Waals surface area contributed by atoms with Crippen molar-refractivity contribution in [2.24, 2.45) is 5.73 Å². The predicted octanol–water partition coefficient (Wildman–Crippen LogP) is 2.79. The topological polar surface area (TPSA) is 35.2 Å². The quantitative estimate of drug-likeness (QED) is 0.868. The third-order valence-electron chi connectivity index (χ3n) is 2.42. The monoisotopic (exact) mass is 231 g/mol. The highest BCUT2D eigenvalue weighted by Gasteiger charge is 2.39. The van der Waals surface area contributed by atoms with Crippen molar-refractivity contribution in [2.75, 3.05) is 0 Å². The van der Waals surface area contributed by atoms with Gasteiger partial charge in [-0.25, -0.2) is 0 Å². The number of nitrogens with two attached hydrogens (primary N) is 1. The van der Waals surface area contributed by atoms with Crippen LogP contribution in [0.5, 0.6) is 5.75 Å². The van der Waals surface area contributed by atoms with Gasteiger partial charge in [-0.1, -0.05) is 18.2 Å². The van der Waals surface area contributed by atoms with Crippen LogP contribution in [0.25, 0.3) is 0 Å². The minimum atomic E-state index is -4.44. The molecule has 16 heavy (non-hydrogen) atoms. The van der Waals surface area contributed by atoms with Crippen molar-refractivity contribution in [3.63, 3.8) is 0 Å². The zero-order chi connectivity index (χ0) is 11.8. The number of benzene rings is 1. The second-order valence-electron chi connectivity index (χ2n) is 3.87. The highest BCUT2D eigenvalue weighted by atomic mass is 19.4. The van der Waals surface area contributed by atoms with E-state index < -0.39 is 12.2 Å². The van der Waals surface area contributed by atoms with Gasteiger partial charge in [-0.05, 0) is 18.9 Å². The van der Waals surface area contributed by atoms with E-state index in [1.807, 2.05) is 0 Å². The first-order chi connectivity index (χ1) is 7.48. The number of alkyl halides is 3. The van der Waals surface area contributed by atoms with Gasteiger partial charge in [0, 0.05) is 5.56 Å². The fourth-order valence-electron chi connectivity index (χ4n) is 1.39. The molecule has 1 aliphatic rings. The smallest absolute Gasteiger partial charge is 0.407 e. The van der Waals surface area contributed by atoms with E-state index in [4.69, 9.17) is 10.5 Å². The Morgan fingerprint density at radius 1 is 1.25 bits per heavy atom. The van der Waals surface area contributed by atoms with Crippen LogP contribution in [0.1, 0.15) is 24.4 Å². The number of hydrogen-bond donors (Lipinski definition) is 1. The van der Waals surface area contributed by atoms with Gasteiger partial charge in [-0.2, -0.15) is 13.2 Å². The summed E-state index contributed by atoms with van der Waals surface area (Å²) < 4.78 is 42.9. The van der Waals surface area contributed by atoms with Crippen molar-refractivity contribution in [2.45, 2.75) is 31.2 Å². The molecular formula is C11H12F3NO. The van der Waals surface area contributed by atoms with Crippen molar-refractivity contribution in [3.8, 4) is 5.75 Å². The van der Waals surface area contributed by atoms with Crippen LogP contribution in [-0.2, 0) is 0 Å². The molecule has 0 saturated heterocycles. The summed E-state index contributed by atoms with van der Waals surface area (Å²) >= 11 is 0. The SMILES string of the molecule is N[C@H](c1ccccc1OC1CC1)C(F)(F)F. The van der Waals surface area contributed by atoms with Crippen LogP contribution in [0.15, 0.2) is 24.3 Å². The highest BCUT2D eigenvalue weighted by Crippen LogP contribution is 2.37. The molecule has 1 aliphatic carbocycles. The molecule has 1 atom stereocenters. The van der Waals surface area contributed by atoms with E-state index in [-0.39, 0.29) is 17.4 Å². The molecule has 2 nitrogen and oxygen atoms in total. The minimum Gasteiger partial charge on any atom is -0.490 e. The third kappa shape index (κ3) is 2.47. The molecule has 0 radical (unpaired) electrons. The maximum Gasteiger partial charge on any atom is 0.407 e. The molecule has 0 unspecified atom stereocenters. The van der Waals surface area contributed by atoms with E-state index in [1.54, 1.807) is 6.07 Å². The molecule has 1 fully saturated rings. The van der Waals surface area contributed by atoms with Gasteiger partial charge in [0.05, 0.1) is 6.10 Å². The van der Waals surface area contributed by atoms with Crippen molar-refractivity contribution in [3.05, 3.63) is 29.8 Å². The second kappa shape index (κ2) is 3.97. The van der Waals surface area contributed by atoms with E-state index in [0.717, 1.165) is 12.8 Å². The lowest BCUT2D eigenvalue weighted by molar-refractivity contribution is -0.149. The Kier molecular flexibility index (Phi) is 2.80. The molecule has 0 aliphatic heterocycles. The van der Waals surface area contributed by atoms with E-state index in [0.29, 0.717) is 0 Å². The summed E-state index contributed by atoms with van der Waals surface area (Å²) in [5.41, 5.74) is 5.17. The molecular weight excluding hydrogens is 219 g/mol. The van der Waals surface area contributed by atoms with Crippen molar-refractivity contribution in [1.82, 2.24) is 0 Å². The summed E-state index contributed by atoms with van der Waals surface area (Å²) in [6.45, 7) is 0. The Balaban J connectivity index is 2.24. The molecule has 1 aromatic rings. The van der Waals surface area contributed by atoms with E-state index >= 15 is 0 Å². The Bertz CT molecular complexity index is 374. The average molecular weight is 231 g/mol. The van der Waals surface area contributed by atoms with Gasteiger partial charge in [0.2, 0.25) is 0 Å². The van der Waals surface area contributed by atoms with Crippen LogP contribution in [0.3, 0.4) is 0 Å².